The van der Waals surface area contributed by atoms with Crippen LogP contribution in [0, 0.1) is 6.92 Å². The molecule has 0 amide bonds. The first kappa shape index (κ1) is 17.9. The van der Waals surface area contributed by atoms with Gasteiger partial charge in [0.2, 0.25) is 0 Å². The molecule has 0 saturated heterocycles. The molecule has 0 aliphatic rings. The van der Waals surface area contributed by atoms with Gasteiger partial charge in [0, 0.05) is 10.9 Å². The van der Waals surface area contributed by atoms with Crippen LogP contribution in [0.1, 0.15) is 5.56 Å². The Balaban J connectivity index is 0.000000396. The van der Waals surface area contributed by atoms with Gasteiger partial charge in [0.25, 0.3) is 0 Å². The van der Waals surface area contributed by atoms with Crippen LogP contribution in [0.15, 0.2) is 48.5 Å². The summed E-state index contributed by atoms with van der Waals surface area (Å²) >= 11 is 15.5. The zero-order valence-corrected chi connectivity index (χ0v) is 17.1. The average molecular weight is 505 g/mol. The van der Waals surface area contributed by atoms with Gasteiger partial charge in [0.05, 0.1) is 5.52 Å². The molecule has 2 aromatic carbocycles. The summed E-state index contributed by atoms with van der Waals surface area (Å²) in [6, 6.07) is 15.8. The SMILES string of the molecule is BrB(Br)Br.Cc1ccccc1-c1nc(Cl)c2ccccc2n1. The Morgan fingerprint density at radius 1 is 0.909 bits per heavy atom. The van der Waals surface area contributed by atoms with E-state index in [-0.39, 0.29) is 3.18 Å². The Kier molecular flexibility index (Phi) is 6.87. The number of para-hydroxylation sites is 1. The fourth-order valence-corrected chi connectivity index (χ4v) is 2.22. The van der Waals surface area contributed by atoms with E-state index in [1.807, 2.05) is 55.5 Å². The highest BCUT2D eigenvalue weighted by molar-refractivity contribution is 9.69. The number of rotatable bonds is 1. The summed E-state index contributed by atoms with van der Waals surface area (Å²) in [6.07, 6.45) is 0. The average Bonchev–Trinajstić information content (AvgIpc) is 2.47. The number of hydrogen-bond acceptors (Lipinski definition) is 2. The van der Waals surface area contributed by atoms with E-state index in [9.17, 15) is 0 Å². The van der Waals surface area contributed by atoms with E-state index >= 15 is 0 Å². The molecule has 0 atom stereocenters. The summed E-state index contributed by atoms with van der Waals surface area (Å²) in [5, 5.41) is 1.38. The largest absolute Gasteiger partial charge is 0.369 e. The van der Waals surface area contributed by atoms with Crippen LogP contribution in [0.2, 0.25) is 5.15 Å². The third-order valence-corrected chi connectivity index (χ3v) is 3.23. The minimum absolute atomic E-state index is 0.271. The summed E-state index contributed by atoms with van der Waals surface area (Å²) in [6.45, 7) is 2.04. The van der Waals surface area contributed by atoms with Crippen LogP contribution in [-0.2, 0) is 0 Å². The van der Waals surface area contributed by atoms with Gasteiger partial charge in [0.1, 0.15) is 5.15 Å². The van der Waals surface area contributed by atoms with Crippen molar-refractivity contribution >= 4 is 73.0 Å². The number of aromatic nitrogens is 2. The van der Waals surface area contributed by atoms with Gasteiger partial charge in [-0.3, -0.25) is 0 Å². The standard InChI is InChI=1S/C15H11ClN2.BBr3/c1-10-6-2-3-7-11(10)15-17-13-9-5-4-8-12(13)14(16)18-15;2-1(3)4/h2-9H,1H3;. The molecule has 0 bridgehead atoms. The molecular formula is C15H11BBr3ClN2. The monoisotopic (exact) mass is 502 g/mol. The van der Waals surface area contributed by atoms with Crippen LogP contribution in [-0.4, -0.2) is 13.2 Å². The van der Waals surface area contributed by atoms with Crippen LogP contribution in [0.3, 0.4) is 0 Å². The highest BCUT2D eigenvalue weighted by Gasteiger charge is 2.08. The molecule has 2 nitrogen and oxygen atoms in total. The maximum Gasteiger partial charge on any atom is 0.369 e. The highest BCUT2D eigenvalue weighted by atomic mass is 79.9. The Hall–Kier alpha value is -0.425. The van der Waals surface area contributed by atoms with Crippen molar-refractivity contribution in [2.75, 3.05) is 0 Å². The number of fused-ring (bicyclic) bond motifs is 1. The molecule has 0 fully saturated rings. The predicted molar refractivity (Wildman–Crippen MR) is 107 cm³/mol. The Morgan fingerprint density at radius 3 is 2.18 bits per heavy atom. The molecule has 0 spiro atoms. The van der Waals surface area contributed by atoms with Crippen LogP contribution >= 0.6 is 58.9 Å². The van der Waals surface area contributed by atoms with Crippen LogP contribution in [0.4, 0.5) is 0 Å². The van der Waals surface area contributed by atoms with Crippen molar-refractivity contribution in [3.8, 4) is 11.4 Å². The van der Waals surface area contributed by atoms with Crippen LogP contribution in [0.25, 0.3) is 22.3 Å². The molecule has 7 heteroatoms. The van der Waals surface area contributed by atoms with E-state index in [0.717, 1.165) is 22.0 Å². The fourth-order valence-electron chi connectivity index (χ4n) is 1.98. The molecule has 3 rings (SSSR count). The number of nitrogens with zero attached hydrogens (tertiary/aromatic N) is 2. The molecule has 0 unspecified atom stereocenters. The van der Waals surface area contributed by atoms with Gasteiger partial charge in [-0.2, -0.15) is 0 Å². The third-order valence-electron chi connectivity index (χ3n) is 2.94. The molecule has 1 aromatic heterocycles. The second-order valence-electron chi connectivity index (χ2n) is 4.42. The molecular weight excluding hydrogens is 494 g/mol. The summed E-state index contributed by atoms with van der Waals surface area (Å²) in [4.78, 5) is 8.96. The first-order valence-corrected chi connectivity index (χ1v) is 9.52. The van der Waals surface area contributed by atoms with Gasteiger partial charge in [0.15, 0.2) is 5.82 Å². The second kappa shape index (κ2) is 8.43. The molecule has 0 saturated carbocycles. The fraction of sp³-hybridized carbons (Fsp3) is 0.0667. The molecule has 22 heavy (non-hydrogen) atoms. The van der Waals surface area contributed by atoms with E-state index in [4.69, 9.17) is 11.6 Å². The van der Waals surface area contributed by atoms with Crippen molar-refractivity contribution in [1.29, 1.82) is 0 Å². The van der Waals surface area contributed by atoms with Crippen molar-refractivity contribution < 1.29 is 0 Å². The Morgan fingerprint density at radius 2 is 1.50 bits per heavy atom. The summed E-state index contributed by atoms with van der Waals surface area (Å²) in [7, 11) is 0. The first-order chi connectivity index (χ1) is 10.5. The normalized spacial score (nSPS) is 10.0. The lowest BCUT2D eigenvalue weighted by molar-refractivity contribution is 1.21. The quantitative estimate of drug-likeness (QED) is 0.282. The maximum atomic E-state index is 6.21. The lowest BCUT2D eigenvalue weighted by atomic mass is 10.1. The summed E-state index contributed by atoms with van der Waals surface area (Å²) < 4.78 is 0.271. The molecule has 0 radical (unpaired) electrons. The Bertz CT molecular complexity index is 781. The van der Waals surface area contributed by atoms with Crippen molar-refractivity contribution in [2.24, 2.45) is 0 Å². The number of hydrogen-bond donors (Lipinski definition) is 0. The molecule has 1 heterocycles. The zero-order chi connectivity index (χ0) is 16.1. The van der Waals surface area contributed by atoms with Crippen molar-refractivity contribution in [2.45, 2.75) is 6.92 Å². The van der Waals surface area contributed by atoms with Gasteiger partial charge >= 0.3 is 3.18 Å². The molecule has 0 aliphatic heterocycles. The lowest BCUT2D eigenvalue weighted by Crippen LogP contribution is -1.93. The van der Waals surface area contributed by atoms with E-state index in [1.165, 1.54) is 0 Å². The van der Waals surface area contributed by atoms with Crippen LogP contribution in [0.5, 0.6) is 0 Å². The minimum atomic E-state index is 0.271. The molecule has 3 aromatic rings. The van der Waals surface area contributed by atoms with E-state index in [2.05, 4.69) is 57.2 Å². The minimum Gasteiger partial charge on any atom is -0.228 e. The molecule has 112 valence electrons. The van der Waals surface area contributed by atoms with E-state index in [0.29, 0.717) is 11.0 Å². The number of halogens is 4. The zero-order valence-electron chi connectivity index (χ0n) is 11.6. The van der Waals surface area contributed by atoms with Gasteiger partial charge in [-0.15, -0.1) is 47.3 Å². The number of aryl methyl sites for hydroxylation is 1. The van der Waals surface area contributed by atoms with Gasteiger partial charge in [-0.25, -0.2) is 9.97 Å². The van der Waals surface area contributed by atoms with Gasteiger partial charge in [-0.1, -0.05) is 48.0 Å². The topological polar surface area (TPSA) is 25.8 Å². The smallest absolute Gasteiger partial charge is 0.228 e. The molecule has 0 N–H and O–H groups in total. The van der Waals surface area contributed by atoms with Crippen molar-refractivity contribution in [1.82, 2.24) is 9.97 Å². The highest BCUT2D eigenvalue weighted by Crippen LogP contribution is 2.26. The van der Waals surface area contributed by atoms with Crippen molar-refractivity contribution in [3.63, 3.8) is 0 Å². The van der Waals surface area contributed by atoms with E-state index < -0.39 is 0 Å². The predicted octanol–water partition coefficient (Wildman–Crippen LogP) is 6.41. The first-order valence-electron chi connectivity index (χ1n) is 6.39. The molecule has 0 aliphatic carbocycles. The van der Waals surface area contributed by atoms with Gasteiger partial charge in [-0.05, 0) is 24.6 Å². The lowest BCUT2D eigenvalue weighted by Gasteiger charge is -2.06. The second-order valence-corrected chi connectivity index (χ2v) is 11.2. The summed E-state index contributed by atoms with van der Waals surface area (Å²) in [5.41, 5.74) is 3.03. The Labute approximate surface area is 159 Å². The summed E-state index contributed by atoms with van der Waals surface area (Å²) in [5.74, 6) is 0.678. The van der Waals surface area contributed by atoms with Gasteiger partial charge < -0.3 is 0 Å². The van der Waals surface area contributed by atoms with Crippen LogP contribution < -0.4 is 0 Å². The van der Waals surface area contributed by atoms with E-state index in [1.54, 1.807) is 0 Å². The third kappa shape index (κ3) is 4.78. The van der Waals surface area contributed by atoms with Crippen molar-refractivity contribution in [3.05, 3.63) is 59.2 Å². The maximum absolute atomic E-state index is 6.21. The number of benzene rings is 2.